The zero-order valence-corrected chi connectivity index (χ0v) is 14.2. The van der Waals surface area contributed by atoms with Gasteiger partial charge in [0.1, 0.15) is 0 Å². The number of unbranched alkanes of at least 4 members (excludes halogenated alkanes) is 1. The molecule has 0 atom stereocenters. The van der Waals surface area contributed by atoms with Gasteiger partial charge in [0.25, 0.3) is 0 Å². The highest BCUT2D eigenvalue weighted by Gasteiger charge is 2.26. The minimum atomic E-state index is 0.320. The Labute approximate surface area is 128 Å². The van der Waals surface area contributed by atoms with Crippen molar-refractivity contribution >= 4 is 0 Å². The number of hydrogen-bond acceptors (Lipinski definition) is 0. The first kappa shape index (κ1) is 19.2. The molecule has 0 fully saturated rings. The Morgan fingerprint density at radius 2 is 1.15 bits per heavy atom. The van der Waals surface area contributed by atoms with Crippen molar-refractivity contribution in [3.05, 3.63) is 38.0 Å². The lowest BCUT2D eigenvalue weighted by Crippen LogP contribution is -2.19. The second-order valence-corrected chi connectivity index (χ2v) is 6.70. The predicted molar refractivity (Wildman–Crippen MR) is 94.0 cm³/mol. The van der Waals surface area contributed by atoms with E-state index in [2.05, 4.69) is 58.7 Å². The maximum absolute atomic E-state index is 3.94. The van der Waals surface area contributed by atoms with E-state index in [1.807, 2.05) is 0 Å². The summed E-state index contributed by atoms with van der Waals surface area (Å²) in [4.78, 5) is 0. The van der Waals surface area contributed by atoms with Gasteiger partial charge >= 0.3 is 0 Å². The van der Waals surface area contributed by atoms with Gasteiger partial charge in [0.05, 0.1) is 0 Å². The summed E-state index contributed by atoms with van der Waals surface area (Å²) < 4.78 is 0. The topological polar surface area (TPSA) is 0 Å². The summed E-state index contributed by atoms with van der Waals surface area (Å²) >= 11 is 0. The molecule has 0 amide bonds. The van der Waals surface area contributed by atoms with Gasteiger partial charge in [-0.15, -0.1) is 19.7 Å². The molecule has 0 heteroatoms. The van der Waals surface area contributed by atoms with Crippen LogP contribution in [0.3, 0.4) is 0 Å². The van der Waals surface area contributed by atoms with Crippen molar-refractivity contribution in [3.63, 3.8) is 0 Å². The van der Waals surface area contributed by atoms with Crippen LogP contribution in [0.2, 0.25) is 0 Å². The molecule has 0 aromatic heterocycles. The highest BCUT2D eigenvalue weighted by molar-refractivity contribution is 4.95. The molecule has 0 aromatic carbocycles. The average Bonchev–Trinajstić information content (AvgIpc) is 2.44. The van der Waals surface area contributed by atoms with Gasteiger partial charge < -0.3 is 0 Å². The van der Waals surface area contributed by atoms with Crippen LogP contribution in [0.4, 0.5) is 0 Å². The fourth-order valence-electron chi connectivity index (χ4n) is 3.13. The van der Waals surface area contributed by atoms with Crippen LogP contribution in [0.15, 0.2) is 38.0 Å². The molecular formula is C20H36. The summed E-state index contributed by atoms with van der Waals surface area (Å²) in [5.74, 6) is 0. The average molecular weight is 277 g/mol. The summed E-state index contributed by atoms with van der Waals surface area (Å²) in [5, 5.41) is 0. The van der Waals surface area contributed by atoms with Crippen molar-refractivity contribution in [1.82, 2.24) is 0 Å². The van der Waals surface area contributed by atoms with E-state index in [1.54, 1.807) is 0 Å². The van der Waals surface area contributed by atoms with Crippen molar-refractivity contribution in [1.29, 1.82) is 0 Å². The molecule has 0 bridgehead atoms. The van der Waals surface area contributed by atoms with Crippen molar-refractivity contribution in [2.45, 2.75) is 78.6 Å². The molecule has 0 spiro atoms. The lowest BCUT2D eigenvalue weighted by atomic mass is 9.73. The Morgan fingerprint density at radius 1 is 0.750 bits per heavy atom. The first-order valence-electron chi connectivity index (χ1n) is 8.34. The van der Waals surface area contributed by atoms with E-state index in [1.165, 1.54) is 38.5 Å². The zero-order chi connectivity index (χ0) is 15.5. The third-order valence-corrected chi connectivity index (χ3v) is 5.18. The molecule has 20 heavy (non-hydrogen) atoms. The summed E-state index contributed by atoms with van der Waals surface area (Å²) in [6.45, 7) is 18.9. The lowest BCUT2D eigenvalue weighted by Gasteiger charge is -2.32. The summed E-state index contributed by atoms with van der Waals surface area (Å²) in [5.41, 5.74) is 0.859. The smallest absolute Gasteiger partial charge is 0.0194 e. The van der Waals surface area contributed by atoms with Crippen molar-refractivity contribution in [2.24, 2.45) is 10.8 Å². The highest BCUT2D eigenvalue weighted by Crippen LogP contribution is 2.39. The first-order valence-corrected chi connectivity index (χ1v) is 8.34. The third-order valence-electron chi connectivity index (χ3n) is 5.18. The van der Waals surface area contributed by atoms with Crippen LogP contribution in [0, 0.1) is 10.8 Å². The number of allylic oxidation sites excluding steroid dienone is 3. The summed E-state index contributed by atoms with van der Waals surface area (Å²) in [6.07, 6.45) is 17.3. The molecule has 0 aliphatic carbocycles. The summed E-state index contributed by atoms with van der Waals surface area (Å²) in [7, 11) is 0. The first-order chi connectivity index (χ1) is 9.51. The Morgan fingerprint density at radius 3 is 1.50 bits per heavy atom. The fourth-order valence-corrected chi connectivity index (χ4v) is 3.13. The Balaban J connectivity index is 4.42. The molecular weight excluding hydrogens is 240 g/mol. The van der Waals surface area contributed by atoms with E-state index in [4.69, 9.17) is 0 Å². The molecule has 0 rings (SSSR count). The largest absolute Gasteiger partial charge is 0.103 e. The Kier molecular flexibility index (Phi) is 9.63. The van der Waals surface area contributed by atoms with Crippen LogP contribution in [-0.4, -0.2) is 0 Å². The molecule has 0 heterocycles. The van der Waals surface area contributed by atoms with Crippen LogP contribution in [0.1, 0.15) is 78.6 Å². The molecule has 0 nitrogen and oxygen atoms in total. The van der Waals surface area contributed by atoms with Crippen molar-refractivity contribution in [2.75, 3.05) is 0 Å². The molecule has 0 saturated heterocycles. The number of hydrogen-bond donors (Lipinski definition) is 0. The van der Waals surface area contributed by atoms with Gasteiger partial charge in [-0.3, -0.25) is 0 Å². The van der Waals surface area contributed by atoms with E-state index in [-0.39, 0.29) is 0 Å². The van der Waals surface area contributed by atoms with Crippen LogP contribution in [-0.2, 0) is 0 Å². The van der Waals surface area contributed by atoms with Crippen LogP contribution in [0.5, 0.6) is 0 Å². The van der Waals surface area contributed by atoms with Gasteiger partial charge in [-0.25, -0.2) is 0 Å². The molecule has 0 unspecified atom stereocenters. The summed E-state index contributed by atoms with van der Waals surface area (Å²) in [6, 6.07) is 0. The molecule has 0 aromatic rings. The quantitative estimate of drug-likeness (QED) is 0.249. The van der Waals surface area contributed by atoms with Crippen LogP contribution >= 0.6 is 0 Å². The van der Waals surface area contributed by atoms with Gasteiger partial charge in [-0.2, -0.15) is 0 Å². The molecule has 0 N–H and O–H groups in total. The second-order valence-electron chi connectivity index (χ2n) is 6.70. The van der Waals surface area contributed by atoms with E-state index >= 15 is 0 Å². The SMILES string of the molecule is C=CCC(CC=C)(CC=C)CCCCC(C)(CC)CC. The minimum absolute atomic E-state index is 0.320. The second kappa shape index (κ2) is 10.0. The van der Waals surface area contributed by atoms with E-state index < -0.39 is 0 Å². The van der Waals surface area contributed by atoms with Crippen LogP contribution in [0.25, 0.3) is 0 Å². The van der Waals surface area contributed by atoms with Gasteiger partial charge in [0.15, 0.2) is 0 Å². The van der Waals surface area contributed by atoms with E-state index in [0.29, 0.717) is 10.8 Å². The van der Waals surface area contributed by atoms with Gasteiger partial charge in [-0.1, -0.05) is 64.7 Å². The standard InChI is InChI=1S/C20H36/c1-7-14-20(15-8-2,16-9-3)18-13-12-17-19(6,10-4)11-5/h7-9H,1-3,10-18H2,4-6H3. The molecule has 0 aliphatic heterocycles. The monoisotopic (exact) mass is 276 g/mol. The molecule has 116 valence electrons. The maximum atomic E-state index is 3.94. The molecule has 0 aliphatic rings. The van der Waals surface area contributed by atoms with Gasteiger partial charge in [0.2, 0.25) is 0 Å². The maximum Gasteiger partial charge on any atom is -0.0194 e. The molecule has 0 saturated carbocycles. The zero-order valence-electron chi connectivity index (χ0n) is 14.2. The Bertz CT molecular complexity index is 254. The highest BCUT2D eigenvalue weighted by atomic mass is 14.3. The van der Waals surface area contributed by atoms with E-state index in [0.717, 1.165) is 19.3 Å². The van der Waals surface area contributed by atoms with Crippen molar-refractivity contribution in [3.8, 4) is 0 Å². The minimum Gasteiger partial charge on any atom is -0.103 e. The predicted octanol–water partition coefficient (Wildman–Crippen LogP) is 7.09. The number of rotatable bonds is 13. The van der Waals surface area contributed by atoms with E-state index in [9.17, 15) is 0 Å². The van der Waals surface area contributed by atoms with Crippen molar-refractivity contribution < 1.29 is 0 Å². The Hall–Kier alpha value is -0.780. The fraction of sp³-hybridized carbons (Fsp3) is 0.700. The van der Waals surface area contributed by atoms with Gasteiger partial charge in [0, 0.05) is 0 Å². The van der Waals surface area contributed by atoms with Crippen LogP contribution < -0.4 is 0 Å². The normalized spacial score (nSPS) is 12.2. The lowest BCUT2D eigenvalue weighted by molar-refractivity contribution is 0.230. The third kappa shape index (κ3) is 6.59. The van der Waals surface area contributed by atoms with Gasteiger partial charge in [-0.05, 0) is 42.9 Å². The molecule has 0 radical (unpaired) electrons.